The molecule has 2 aromatic rings. The average Bonchev–Trinajstić information content (AvgIpc) is 2.39. The lowest BCUT2D eigenvalue weighted by atomic mass is 10.0. The summed E-state index contributed by atoms with van der Waals surface area (Å²) < 4.78 is 0. The average molecular weight is 261 g/mol. The topological polar surface area (TPSA) is 37.3 Å². The molecule has 0 aliphatic heterocycles. The lowest BCUT2D eigenvalue weighted by Crippen LogP contribution is -2.07. The Kier molecular flexibility index (Phi) is 4.13. The van der Waals surface area contributed by atoms with Crippen LogP contribution in [0.3, 0.4) is 0 Å². The second-order valence-corrected chi connectivity index (χ2v) is 4.50. The van der Waals surface area contributed by atoms with Crippen LogP contribution < -0.4 is 0 Å². The van der Waals surface area contributed by atoms with Gasteiger partial charge in [-0.05, 0) is 17.7 Å². The van der Waals surface area contributed by atoms with E-state index in [2.05, 4.69) is 0 Å². The Labute approximate surface area is 111 Å². The van der Waals surface area contributed by atoms with Crippen LogP contribution in [0.2, 0.25) is 5.02 Å². The number of halogens is 1. The first-order valence-corrected chi connectivity index (χ1v) is 6.06. The number of carbonyl (C=O) groups excluding carboxylic acids is 1. The van der Waals surface area contributed by atoms with E-state index in [1.807, 2.05) is 6.07 Å². The molecular weight excluding hydrogens is 248 g/mol. The number of aliphatic hydroxyl groups is 1. The van der Waals surface area contributed by atoms with E-state index in [1.54, 1.807) is 48.5 Å². The van der Waals surface area contributed by atoms with Gasteiger partial charge in [0.25, 0.3) is 0 Å². The zero-order valence-corrected chi connectivity index (χ0v) is 10.5. The van der Waals surface area contributed by atoms with Gasteiger partial charge in [0.15, 0.2) is 5.78 Å². The summed E-state index contributed by atoms with van der Waals surface area (Å²) in [5, 5.41) is 10.6. The highest BCUT2D eigenvalue weighted by atomic mass is 35.5. The molecule has 0 saturated carbocycles. The summed E-state index contributed by atoms with van der Waals surface area (Å²) in [7, 11) is 0. The highest BCUT2D eigenvalue weighted by Gasteiger charge is 2.14. The molecule has 18 heavy (non-hydrogen) atoms. The van der Waals surface area contributed by atoms with E-state index < -0.39 is 6.10 Å². The smallest absolute Gasteiger partial charge is 0.165 e. The Bertz CT molecular complexity index is 537. The molecule has 0 radical (unpaired) electrons. The van der Waals surface area contributed by atoms with Crippen LogP contribution >= 0.6 is 11.6 Å². The van der Waals surface area contributed by atoms with E-state index in [-0.39, 0.29) is 12.2 Å². The molecule has 0 aromatic heterocycles. The monoisotopic (exact) mass is 260 g/mol. The van der Waals surface area contributed by atoms with Crippen LogP contribution in [0.25, 0.3) is 0 Å². The first kappa shape index (κ1) is 12.8. The van der Waals surface area contributed by atoms with Crippen LogP contribution in [0.1, 0.15) is 28.4 Å². The predicted octanol–water partition coefficient (Wildman–Crippen LogP) is 3.65. The summed E-state index contributed by atoms with van der Waals surface area (Å²) in [5.74, 6) is -0.0805. The molecule has 0 amide bonds. The zero-order chi connectivity index (χ0) is 13.0. The molecule has 0 fully saturated rings. The number of ketones is 1. The standard InChI is InChI=1S/C15H13ClO2/c16-13-8-4-7-12(9-13)15(18)10-14(17)11-5-2-1-3-6-11/h1-9,15,18H,10H2/t15-/m1/s1. The number of carbonyl (C=O) groups is 1. The van der Waals surface area contributed by atoms with Crippen molar-refractivity contribution in [1.29, 1.82) is 0 Å². The zero-order valence-electron chi connectivity index (χ0n) is 9.71. The molecule has 0 heterocycles. The molecule has 0 unspecified atom stereocenters. The van der Waals surface area contributed by atoms with Crippen molar-refractivity contribution in [3.63, 3.8) is 0 Å². The van der Waals surface area contributed by atoms with E-state index in [0.717, 1.165) is 0 Å². The molecule has 1 N–H and O–H groups in total. The van der Waals surface area contributed by atoms with Crippen LogP contribution in [0.4, 0.5) is 0 Å². The van der Waals surface area contributed by atoms with E-state index in [1.165, 1.54) is 0 Å². The number of aliphatic hydroxyl groups excluding tert-OH is 1. The van der Waals surface area contributed by atoms with Gasteiger partial charge >= 0.3 is 0 Å². The van der Waals surface area contributed by atoms with Crippen LogP contribution in [-0.4, -0.2) is 10.9 Å². The van der Waals surface area contributed by atoms with Gasteiger partial charge in [0.1, 0.15) is 0 Å². The minimum atomic E-state index is -0.823. The SMILES string of the molecule is O=C(C[C@@H](O)c1cccc(Cl)c1)c1ccccc1. The number of hydrogen-bond donors (Lipinski definition) is 1. The number of benzene rings is 2. The van der Waals surface area contributed by atoms with Gasteiger partial charge in [-0.15, -0.1) is 0 Å². The maximum Gasteiger partial charge on any atom is 0.165 e. The second kappa shape index (κ2) is 5.80. The normalized spacial score (nSPS) is 12.1. The quantitative estimate of drug-likeness (QED) is 0.852. The molecule has 0 saturated heterocycles. The minimum Gasteiger partial charge on any atom is -0.388 e. The molecule has 3 heteroatoms. The number of hydrogen-bond acceptors (Lipinski definition) is 2. The van der Waals surface area contributed by atoms with Crippen molar-refractivity contribution in [2.24, 2.45) is 0 Å². The van der Waals surface area contributed by atoms with E-state index in [0.29, 0.717) is 16.1 Å². The molecule has 2 rings (SSSR count). The molecule has 0 bridgehead atoms. The third-order valence-electron chi connectivity index (χ3n) is 2.71. The van der Waals surface area contributed by atoms with Gasteiger partial charge in [0.05, 0.1) is 6.10 Å². The Morgan fingerprint density at radius 1 is 1.11 bits per heavy atom. The fourth-order valence-electron chi connectivity index (χ4n) is 1.75. The van der Waals surface area contributed by atoms with Crippen LogP contribution in [-0.2, 0) is 0 Å². The summed E-state index contributed by atoms with van der Waals surface area (Å²) in [6, 6.07) is 15.9. The maximum absolute atomic E-state index is 11.9. The van der Waals surface area contributed by atoms with E-state index in [9.17, 15) is 9.90 Å². The molecule has 0 aliphatic carbocycles. The van der Waals surface area contributed by atoms with Crippen molar-refractivity contribution in [3.8, 4) is 0 Å². The molecule has 0 spiro atoms. The highest BCUT2D eigenvalue weighted by Crippen LogP contribution is 2.21. The van der Waals surface area contributed by atoms with Gasteiger partial charge in [0.2, 0.25) is 0 Å². The molecule has 92 valence electrons. The van der Waals surface area contributed by atoms with Gasteiger partial charge in [-0.1, -0.05) is 54.1 Å². The Morgan fingerprint density at radius 3 is 2.50 bits per heavy atom. The van der Waals surface area contributed by atoms with E-state index >= 15 is 0 Å². The summed E-state index contributed by atoms with van der Waals surface area (Å²) in [4.78, 5) is 11.9. The van der Waals surface area contributed by atoms with Crippen molar-refractivity contribution in [2.75, 3.05) is 0 Å². The fraction of sp³-hybridized carbons (Fsp3) is 0.133. The van der Waals surface area contributed by atoms with Gasteiger partial charge in [-0.3, -0.25) is 4.79 Å². The Hall–Kier alpha value is -1.64. The molecule has 2 nitrogen and oxygen atoms in total. The highest BCUT2D eigenvalue weighted by molar-refractivity contribution is 6.30. The largest absolute Gasteiger partial charge is 0.388 e. The summed E-state index contributed by atoms with van der Waals surface area (Å²) in [5.41, 5.74) is 1.27. The lowest BCUT2D eigenvalue weighted by Gasteiger charge is -2.10. The van der Waals surface area contributed by atoms with Crippen molar-refractivity contribution < 1.29 is 9.90 Å². The second-order valence-electron chi connectivity index (χ2n) is 4.06. The molecule has 0 aliphatic rings. The molecule has 2 aromatic carbocycles. The van der Waals surface area contributed by atoms with Crippen LogP contribution in [0, 0.1) is 0 Å². The maximum atomic E-state index is 11.9. The Morgan fingerprint density at radius 2 is 1.83 bits per heavy atom. The van der Waals surface area contributed by atoms with Gasteiger partial charge in [0, 0.05) is 17.0 Å². The summed E-state index contributed by atoms with van der Waals surface area (Å²) >= 11 is 5.85. The third-order valence-corrected chi connectivity index (χ3v) is 2.94. The van der Waals surface area contributed by atoms with Crippen molar-refractivity contribution >= 4 is 17.4 Å². The third kappa shape index (κ3) is 3.19. The van der Waals surface area contributed by atoms with Crippen molar-refractivity contribution in [3.05, 3.63) is 70.7 Å². The molecular formula is C15H13ClO2. The Balaban J connectivity index is 2.08. The van der Waals surface area contributed by atoms with Crippen molar-refractivity contribution in [1.82, 2.24) is 0 Å². The van der Waals surface area contributed by atoms with Gasteiger partial charge in [-0.2, -0.15) is 0 Å². The first-order chi connectivity index (χ1) is 8.66. The van der Waals surface area contributed by atoms with Gasteiger partial charge < -0.3 is 5.11 Å². The van der Waals surface area contributed by atoms with E-state index in [4.69, 9.17) is 11.6 Å². The van der Waals surface area contributed by atoms with Crippen LogP contribution in [0.5, 0.6) is 0 Å². The van der Waals surface area contributed by atoms with Gasteiger partial charge in [-0.25, -0.2) is 0 Å². The lowest BCUT2D eigenvalue weighted by molar-refractivity contribution is 0.0880. The number of rotatable bonds is 4. The van der Waals surface area contributed by atoms with Crippen molar-refractivity contribution in [2.45, 2.75) is 12.5 Å². The number of Topliss-reactive ketones (excluding diaryl/α,β-unsaturated/α-hetero) is 1. The molecule has 1 atom stereocenters. The fourth-order valence-corrected chi connectivity index (χ4v) is 1.95. The summed E-state index contributed by atoms with van der Waals surface area (Å²) in [6.07, 6.45) is -0.763. The minimum absolute atomic E-state index is 0.0599. The first-order valence-electron chi connectivity index (χ1n) is 5.68. The summed E-state index contributed by atoms with van der Waals surface area (Å²) in [6.45, 7) is 0. The predicted molar refractivity (Wildman–Crippen MR) is 71.8 cm³/mol. The van der Waals surface area contributed by atoms with Crippen LogP contribution in [0.15, 0.2) is 54.6 Å².